The smallest absolute Gasteiger partial charge is 0.329 e. The van der Waals surface area contributed by atoms with Crippen molar-refractivity contribution in [3.63, 3.8) is 0 Å². The van der Waals surface area contributed by atoms with Crippen molar-refractivity contribution in [1.82, 2.24) is 19.2 Å². The molecule has 26 heavy (non-hydrogen) atoms. The zero-order chi connectivity index (χ0) is 18.3. The summed E-state index contributed by atoms with van der Waals surface area (Å²) in [6, 6.07) is 13.4. The second kappa shape index (κ2) is 6.25. The van der Waals surface area contributed by atoms with Crippen molar-refractivity contribution >= 4 is 5.91 Å². The Labute approximate surface area is 149 Å². The summed E-state index contributed by atoms with van der Waals surface area (Å²) in [5.41, 5.74) is 1.56. The molecular formula is C19H17FN4O2. The predicted molar refractivity (Wildman–Crippen MR) is 93.7 cm³/mol. The average Bonchev–Trinajstić information content (AvgIpc) is 2.98. The molecule has 0 saturated heterocycles. The molecule has 0 radical (unpaired) electrons. The van der Waals surface area contributed by atoms with Crippen molar-refractivity contribution in [3.05, 3.63) is 81.8 Å². The fourth-order valence-electron chi connectivity index (χ4n) is 3.08. The molecule has 2 heterocycles. The highest BCUT2D eigenvalue weighted by Crippen LogP contribution is 2.16. The summed E-state index contributed by atoms with van der Waals surface area (Å²) >= 11 is 0. The van der Waals surface area contributed by atoms with Gasteiger partial charge < -0.3 is 4.90 Å². The fourth-order valence-corrected chi connectivity index (χ4v) is 3.08. The number of hydrogen-bond acceptors (Lipinski definition) is 3. The first-order chi connectivity index (χ1) is 12.5. The van der Waals surface area contributed by atoms with Gasteiger partial charge in [0.15, 0.2) is 5.82 Å². The molecular weight excluding hydrogens is 335 g/mol. The lowest BCUT2D eigenvalue weighted by atomic mass is 10.1. The molecule has 0 atom stereocenters. The van der Waals surface area contributed by atoms with Crippen LogP contribution in [-0.4, -0.2) is 31.7 Å². The number of rotatable bonds is 2. The Bertz CT molecular complexity index is 1040. The maximum absolute atomic E-state index is 13.9. The molecule has 4 rings (SSSR count). The topological polar surface area (TPSA) is 60.1 Å². The van der Waals surface area contributed by atoms with Crippen molar-refractivity contribution < 1.29 is 9.18 Å². The molecule has 2 aromatic carbocycles. The number of halogens is 1. The highest BCUT2D eigenvalue weighted by atomic mass is 19.1. The van der Waals surface area contributed by atoms with Crippen LogP contribution >= 0.6 is 0 Å². The number of amides is 1. The van der Waals surface area contributed by atoms with Gasteiger partial charge in [0.25, 0.3) is 5.91 Å². The van der Waals surface area contributed by atoms with Crippen molar-refractivity contribution in [2.75, 3.05) is 6.54 Å². The lowest BCUT2D eigenvalue weighted by Crippen LogP contribution is -2.41. The maximum atomic E-state index is 13.9. The minimum atomic E-state index is -0.550. The molecule has 0 unspecified atom stereocenters. The second-order valence-corrected chi connectivity index (χ2v) is 6.30. The molecule has 0 bridgehead atoms. The van der Waals surface area contributed by atoms with Crippen LogP contribution in [0.25, 0.3) is 5.69 Å². The number of benzene rings is 2. The van der Waals surface area contributed by atoms with E-state index in [0.29, 0.717) is 24.6 Å². The van der Waals surface area contributed by atoms with E-state index in [0.717, 1.165) is 5.56 Å². The van der Waals surface area contributed by atoms with Crippen molar-refractivity contribution in [3.8, 4) is 5.69 Å². The molecule has 0 N–H and O–H groups in total. The number of carbonyl (C=O) groups excluding carboxylic acids is 1. The molecule has 7 heteroatoms. The Morgan fingerprint density at radius 3 is 2.54 bits per heavy atom. The first-order valence-corrected chi connectivity index (χ1v) is 8.34. The number of aryl methyl sites for hydroxylation is 1. The zero-order valence-corrected chi connectivity index (χ0v) is 14.2. The van der Waals surface area contributed by atoms with E-state index in [9.17, 15) is 14.0 Å². The normalized spacial score (nSPS) is 13.5. The summed E-state index contributed by atoms with van der Waals surface area (Å²) < 4.78 is 16.8. The van der Waals surface area contributed by atoms with E-state index in [4.69, 9.17) is 0 Å². The van der Waals surface area contributed by atoms with Gasteiger partial charge in [-0.2, -0.15) is 4.68 Å². The third-order valence-electron chi connectivity index (χ3n) is 4.53. The van der Waals surface area contributed by atoms with E-state index in [1.54, 1.807) is 16.7 Å². The molecule has 132 valence electrons. The fraction of sp³-hybridized carbons (Fsp3) is 0.211. The Morgan fingerprint density at radius 2 is 1.81 bits per heavy atom. The van der Waals surface area contributed by atoms with Gasteiger partial charge in [-0.25, -0.2) is 9.18 Å². The monoisotopic (exact) mass is 352 g/mol. The lowest BCUT2D eigenvalue weighted by molar-refractivity contribution is 0.0701. The summed E-state index contributed by atoms with van der Waals surface area (Å²) in [6.45, 7) is 2.80. The van der Waals surface area contributed by atoms with Gasteiger partial charge in [0.1, 0.15) is 5.82 Å². The summed E-state index contributed by atoms with van der Waals surface area (Å²) in [5.74, 6) is -0.455. The van der Waals surface area contributed by atoms with Gasteiger partial charge in [0, 0.05) is 13.1 Å². The number of nitrogens with zero attached hydrogens (tertiary/aromatic N) is 4. The van der Waals surface area contributed by atoms with Crippen LogP contribution in [0.5, 0.6) is 0 Å². The SMILES string of the molecule is Cc1ccc(-n2nc3n(c2=O)CCN(C(=O)c2ccccc2F)C3)cc1. The molecule has 1 amide bonds. The number of hydrogen-bond donors (Lipinski definition) is 0. The molecule has 0 saturated carbocycles. The standard InChI is InChI=1S/C19H17FN4O2/c1-13-6-8-14(9-7-13)24-19(26)23-11-10-22(12-17(23)21-24)18(25)15-4-2-3-5-16(15)20/h2-9H,10-12H2,1H3. The molecule has 0 fully saturated rings. The van der Waals surface area contributed by atoms with Crippen LogP contribution in [0.4, 0.5) is 4.39 Å². The highest BCUT2D eigenvalue weighted by Gasteiger charge is 2.27. The van der Waals surface area contributed by atoms with Gasteiger partial charge in [-0.3, -0.25) is 9.36 Å². The maximum Gasteiger partial charge on any atom is 0.350 e. The van der Waals surface area contributed by atoms with Crippen LogP contribution in [0.2, 0.25) is 0 Å². The highest BCUT2D eigenvalue weighted by molar-refractivity contribution is 5.94. The molecule has 0 spiro atoms. The van der Waals surface area contributed by atoms with Crippen molar-refractivity contribution in [2.45, 2.75) is 20.0 Å². The zero-order valence-electron chi connectivity index (χ0n) is 14.2. The van der Waals surface area contributed by atoms with Crippen LogP contribution in [0, 0.1) is 12.7 Å². The van der Waals surface area contributed by atoms with Crippen LogP contribution < -0.4 is 5.69 Å². The summed E-state index contributed by atoms with van der Waals surface area (Å²) in [7, 11) is 0. The number of aromatic nitrogens is 3. The van der Waals surface area contributed by atoms with Gasteiger partial charge in [-0.15, -0.1) is 5.10 Å². The Kier molecular flexibility index (Phi) is 3.91. The first-order valence-electron chi connectivity index (χ1n) is 8.34. The van der Waals surface area contributed by atoms with Gasteiger partial charge in [0.05, 0.1) is 17.8 Å². The van der Waals surface area contributed by atoms with E-state index in [1.807, 2.05) is 31.2 Å². The molecule has 0 aliphatic carbocycles. The molecule has 1 aliphatic heterocycles. The quantitative estimate of drug-likeness (QED) is 0.710. The van der Waals surface area contributed by atoms with Gasteiger partial charge in [-0.1, -0.05) is 29.8 Å². The van der Waals surface area contributed by atoms with Crippen LogP contribution in [0.1, 0.15) is 21.7 Å². The second-order valence-electron chi connectivity index (χ2n) is 6.30. The van der Waals surface area contributed by atoms with E-state index in [-0.39, 0.29) is 17.8 Å². The Balaban J connectivity index is 1.65. The van der Waals surface area contributed by atoms with Gasteiger partial charge in [-0.05, 0) is 31.2 Å². The predicted octanol–water partition coefficient (Wildman–Crippen LogP) is 2.14. The number of carbonyl (C=O) groups is 1. The lowest BCUT2D eigenvalue weighted by Gasteiger charge is -2.26. The molecule has 3 aromatic rings. The molecule has 6 nitrogen and oxygen atoms in total. The van der Waals surface area contributed by atoms with Gasteiger partial charge >= 0.3 is 5.69 Å². The average molecular weight is 352 g/mol. The molecule has 1 aromatic heterocycles. The van der Waals surface area contributed by atoms with Crippen LogP contribution in [-0.2, 0) is 13.1 Å². The van der Waals surface area contributed by atoms with Crippen molar-refractivity contribution in [2.24, 2.45) is 0 Å². The minimum Gasteiger partial charge on any atom is -0.329 e. The minimum absolute atomic E-state index is 0.0289. The van der Waals surface area contributed by atoms with Crippen molar-refractivity contribution in [1.29, 1.82) is 0 Å². The summed E-state index contributed by atoms with van der Waals surface area (Å²) in [4.78, 5) is 26.7. The summed E-state index contributed by atoms with van der Waals surface area (Å²) in [5, 5.41) is 4.38. The third kappa shape index (κ3) is 2.71. The Hall–Kier alpha value is -3.22. The van der Waals surface area contributed by atoms with Crippen LogP contribution in [0.15, 0.2) is 53.3 Å². The van der Waals surface area contributed by atoms with E-state index in [2.05, 4.69) is 5.10 Å². The Morgan fingerprint density at radius 1 is 1.08 bits per heavy atom. The summed E-state index contributed by atoms with van der Waals surface area (Å²) in [6.07, 6.45) is 0. The van der Waals surface area contributed by atoms with Crippen LogP contribution in [0.3, 0.4) is 0 Å². The first kappa shape index (κ1) is 16.3. The largest absolute Gasteiger partial charge is 0.350 e. The molecule has 1 aliphatic rings. The third-order valence-corrected chi connectivity index (χ3v) is 4.53. The van der Waals surface area contributed by atoms with E-state index < -0.39 is 11.7 Å². The van der Waals surface area contributed by atoms with E-state index in [1.165, 1.54) is 21.7 Å². The van der Waals surface area contributed by atoms with Gasteiger partial charge in [0.2, 0.25) is 0 Å². The number of fused-ring (bicyclic) bond motifs is 1. The van der Waals surface area contributed by atoms with E-state index >= 15 is 0 Å².